The first-order chi connectivity index (χ1) is 12.4. The van der Waals surface area contributed by atoms with Crippen molar-refractivity contribution < 1.29 is 28.7 Å². The fraction of sp³-hybridized carbons (Fsp3) is 0.222. The molecule has 1 aromatic heterocycles. The van der Waals surface area contributed by atoms with Gasteiger partial charge in [-0.3, -0.25) is 24.5 Å². The van der Waals surface area contributed by atoms with Crippen LogP contribution in [0, 0.1) is 0 Å². The number of ether oxygens (including phenoxy) is 2. The molecule has 0 atom stereocenters. The summed E-state index contributed by atoms with van der Waals surface area (Å²) in [6.07, 6.45) is -0.170. The number of benzene rings is 1. The average molecular weight is 375 g/mol. The second-order valence-corrected chi connectivity index (χ2v) is 6.22. The van der Waals surface area contributed by atoms with Gasteiger partial charge in [-0.05, 0) is 36.6 Å². The van der Waals surface area contributed by atoms with Crippen LogP contribution < -0.4 is 10.1 Å². The Morgan fingerprint density at radius 1 is 1.15 bits per heavy atom. The highest BCUT2D eigenvalue weighted by molar-refractivity contribution is 7.12. The Kier molecular flexibility index (Phi) is 6.62. The molecule has 1 heterocycles. The van der Waals surface area contributed by atoms with Gasteiger partial charge in [0.05, 0.1) is 18.4 Å². The van der Waals surface area contributed by atoms with E-state index >= 15 is 0 Å². The lowest BCUT2D eigenvalue weighted by Crippen LogP contribution is -2.33. The third-order valence-corrected chi connectivity index (χ3v) is 4.25. The molecule has 1 aromatic carbocycles. The highest BCUT2D eigenvalue weighted by Crippen LogP contribution is 2.21. The second kappa shape index (κ2) is 8.91. The molecule has 0 aliphatic carbocycles. The molecule has 2 rings (SSSR count). The van der Waals surface area contributed by atoms with Gasteiger partial charge in [0.2, 0.25) is 0 Å². The van der Waals surface area contributed by atoms with Crippen molar-refractivity contribution in [1.82, 2.24) is 5.32 Å². The summed E-state index contributed by atoms with van der Waals surface area (Å²) in [6, 6.07) is 7.99. The van der Waals surface area contributed by atoms with E-state index in [1.165, 1.54) is 25.4 Å². The first-order valence-corrected chi connectivity index (χ1v) is 8.50. The van der Waals surface area contributed by atoms with E-state index in [1.807, 2.05) is 0 Å². The molecule has 0 bridgehead atoms. The summed E-state index contributed by atoms with van der Waals surface area (Å²) >= 11 is 1.19. The third kappa shape index (κ3) is 5.25. The number of Topliss-reactive ketones (excluding diaryl/α,β-unsaturated/α-hetero) is 1. The zero-order valence-electron chi connectivity index (χ0n) is 14.2. The number of amides is 2. The standard InChI is InChI=1S/C18H17NO6S/c1-11(20)12-5-6-14(24-2)13(8-12)9-17(22)25-10-16(21)19-18(23)15-4-3-7-26-15/h3-8H,9-10H2,1-2H3,(H,19,21,23). The molecule has 8 heteroatoms. The minimum absolute atomic E-state index is 0.145. The maximum absolute atomic E-state index is 12.0. The highest BCUT2D eigenvalue weighted by Gasteiger charge is 2.16. The van der Waals surface area contributed by atoms with Crippen LogP contribution in [0.1, 0.15) is 32.5 Å². The molecular weight excluding hydrogens is 358 g/mol. The molecule has 1 N–H and O–H groups in total. The lowest BCUT2D eigenvalue weighted by atomic mass is 10.0. The Balaban J connectivity index is 1.90. The van der Waals surface area contributed by atoms with Crippen molar-refractivity contribution in [3.8, 4) is 5.75 Å². The normalized spacial score (nSPS) is 10.1. The minimum Gasteiger partial charge on any atom is -0.496 e. The largest absolute Gasteiger partial charge is 0.496 e. The van der Waals surface area contributed by atoms with Gasteiger partial charge in [0.15, 0.2) is 12.4 Å². The number of methoxy groups -OCH3 is 1. The summed E-state index contributed by atoms with van der Waals surface area (Å²) in [5.74, 6) is -1.65. The van der Waals surface area contributed by atoms with Gasteiger partial charge < -0.3 is 9.47 Å². The predicted molar refractivity (Wildman–Crippen MR) is 94.5 cm³/mol. The summed E-state index contributed by atoms with van der Waals surface area (Å²) in [7, 11) is 1.45. The summed E-state index contributed by atoms with van der Waals surface area (Å²) in [4.78, 5) is 47.2. The van der Waals surface area contributed by atoms with Crippen molar-refractivity contribution in [1.29, 1.82) is 0 Å². The Labute approximate surface area is 153 Å². The van der Waals surface area contributed by atoms with Crippen LogP contribution in [0.5, 0.6) is 5.75 Å². The van der Waals surface area contributed by atoms with E-state index in [-0.39, 0.29) is 12.2 Å². The topological polar surface area (TPSA) is 98.8 Å². The van der Waals surface area contributed by atoms with Gasteiger partial charge in [0.1, 0.15) is 5.75 Å². The van der Waals surface area contributed by atoms with Gasteiger partial charge in [0, 0.05) is 11.1 Å². The van der Waals surface area contributed by atoms with E-state index < -0.39 is 24.4 Å². The molecule has 2 aromatic rings. The lowest BCUT2D eigenvalue weighted by molar-refractivity contribution is -0.147. The number of rotatable bonds is 7. The molecule has 7 nitrogen and oxygen atoms in total. The number of hydrogen-bond donors (Lipinski definition) is 1. The van der Waals surface area contributed by atoms with Crippen molar-refractivity contribution in [2.45, 2.75) is 13.3 Å². The monoisotopic (exact) mass is 375 g/mol. The van der Waals surface area contributed by atoms with Gasteiger partial charge in [-0.15, -0.1) is 11.3 Å². The molecule has 136 valence electrons. The fourth-order valence-corrected chi connectivity index (χ4v) is 2.74. The number of ketones is 1. The van der Waals surface area contributed by atoms with Crippen molar-refractivity contribution in [3.05, 3.63) is 51.7 Å². The Morgan fingerprint density at radius 3 is 2.54 bits per heavy atom. The van der Waals surface area contributed by atoms with E-state index in [2.05, 4.69) is 5.32 Å². The Hall–Kier alpha value is -3.00. The highest BCUT2D eigenvalue weighted by atomic mass is 32.1. The van der Waals surface area contributed by atoms with Crippen LogP contribution in [-0.4, -0.2) is 37.3 Å². The number of thiophene rings is 1. The first-order valence-electron chi connectivity index (χ1n) is 7.62. The SMILES string of the molecule is COc1ccc(C(C)=O)cc1CC(=O)OCC(=O)NC(=O)c1cccs1. The Morgan fingerprint density at radius 2 is 1.92 bits per heavy atom. The number of nitrogens with one attached hydrogen (secondary N) is 1. The average Bonchev–Trinajstić information content (AvgIpc) is 3.14. The van der Waals surface area contributed by atoms with Crippen LogP contribution in [0.15, 0.2) is 35.7 Å². The lowest BCUT2D eigenvalue weighted by Gasteiger charge is -2.10. The summed E-state index contributed by atoms with van der Waals surface area (Å²) in [5, 5.41) is 3.84. The van der Waals surface area contributed by atoms with Crippen LogP contribution in [0.4, 0.5) is 0 Å². The van der Waals surface area contributed by atoms with Gasteiger partial charge in [-0.2, -0.15) is 0 Å². The predicted octanol–water partition coefficient (Wildman–Crippen LogP) is 2.00. The molecule has 0 radical (unpaired) electrons. The van der Waals surface area contributed by atoms with Gasteiger partial charge in [-0.25, -0.2) is 0 Å². The van der Waals surface area contributed by atoms with Crippen LogP contribution >= 0.6 is 11.3 Å². The molecular formula is C18H17NO6S. The second-order valence-electron chi connectivity index (χ2n) is 5.27. The summed E-state index contributed by atoms with van der Waals surface area (Å²) < 4.78 is 10.0. The summed E-state index contributed by atoms with van der Waals surface area (Å²) in [6.45, 7) is 0.837. The van der Waals surface area contributed by atoms with Crippen molar-refractivity contribution in [3.63, 3.8) is 0 Å². The number of carbonyl (C=O) groups is 4. The van der Waals surface area contributed by atoms with E-state index in [0.29, 0.717) is 21.8 Å². The number of esters is 1. The van der Waals surface area contributed by atoms with Crippen LogP contribution in [-0.2, 0) is 20.7 Å². The van der Waals surface area contributed by atoms with E-state index in [4.69, 9.17) is 9.47 Å². The van der Waals surface area contributed by atoms with E-state index in [9.17, 15) is 19.2 Å². The van der Waals surface area contributed by atoms with Crippen molar-refractivity contribution in [2.75, 3.05) is 13.7 Å². The smallest absolute Gasteiger partial charge is 0.310 e. The maximum atomic E-state index is 12.0. The Bertz CT molecular complexity index is 828. The molecule has 26 heavy (non-hydrogen) atoms. The molecule has 0 aliphatic heterocycles. The van der Waals surface area contributed by atoms with Crippen LogP contribution in [0.3, 0.4) is 0 Å². The third-order valence-electron chi connectivity index (χ3n) is 3.38. The number of imide groups is 1. The quantitative estimate of drug-likeness (QED) is 0.587. The van der Waals surface area contributed by atoms with Crippen LogP contribution in [0.25, 0.3) is 0 Å². The molecule has 0 spiro atoms. The van der Waals surface area contributed by atoms with E-state index in [0.717, 1.165) is 0 Å². The molecule has 0 saturated heterocycles. The van der Waals surface area contributed by atoms with Gasteiger partial charge in [-0.1, -0.05) is 6.07 Å². The van der Waals surface area contributed by atoms with Crippen molar-refractivity contribution in [2.24, 2.45) is 0 Å². The first kappa shape index (κ1) is 19.3. The zero-order chi connectivity index (χ0) is 19.1. The number of hydrogen-bond acceptors (Lipinski definition) is 7. The molecule has 0 fully saturated rings. The fourth-order valence-electron chi connectivity index (χ4n) is 2.12. The minimum atomic E-state index is -0.721. The number of carbonyl (C=O) groups excluding carboxylic acids is 4. The summed E-state index contributed by atoms with van der Waals surface area (Å²) in [5.41, 5.74) is 0.910. The zero-order valence-corrected chi connectivity index (χ0v) is 15.1. The molecule has 0 saturated carbocycles. The van der Waals surface area contributed by atoms with Crippen LogP contribution in [0.2, 0.25) is 0 Å². The molecule has 0 aliphatic rings. The molecule has 0 unspecified atom stereocenters. The van der Waals surface area contributed by atoms with Crippen molar-refractivity contribution >= 4 is 34.9 Å². The molecule has 2 amide bonds. The van der Waals surface area contributed by atoms with Gasteiger partial charge in [0.25, 0.3) is 11.8 Å². The van der Waals surface area contributed by atoms with Gasteiger partial charge >= 0.3 is 5.97 Å². The maximum Gasteiger partial charge on any atom is 0.310 e. The van der Waals surface area contributed by atoms with E-state index in [1.54, 1.807) is 35.7 Å².